The Kier molecular flexibility index (Phi) is 16.9. The number of hydrogen-bond donors (Lipinski definition) is 4. The second-order valence-electron chi connectivity index (χ2n) is 18.0. The van der Waals surface area contributed by atoms with Crippen LogP contribution in [0.5, 0.6) is 11.5 Å². The zero-order valence-electron chi connectivity index (χ0n) is 38.9. The van der Waals surface area contributed by atoms with E-state index in [0.717, 1.165) is 50.4 Å². The zero-order valence-corrected chi connectivity index (χ0v) is 39.7. The SMILES string of the molecule is CCC(=C(c1ccc(O)cc1)c1ccc(OCCN(C)C(=O)CCCCC(=O)N[C@H](C(=O)N2C[C@H](O)C[C@H]2C(=O)NCc2ccc(-c3scnc3C)cc2)C(C)(C)C)cc1)c1ccccc1. The van der Waals surface area contributed by atoms with Crippen molar-refractivity contribution in [2.45, 2.75) is 97.9 Å². The number of carbonyl (C=O) groups is 4. The van der Waals surface area contributed by atoms with Crippen molar-refractivity contribution >= 4 is 46.1 Å². The minimum atomic E-state index is -0.932. The summed E-state index contributed by atoms with van der Waals surface area (Å²) < 4.78 is 6.04. The number of nitrogens with one attached hydrogen (secondary N) is 2. The molecular formula is C53H63N5O7S. The van der Waals surface area contributed by atoms with Crippen molar-refractivity contribution in [2.75, 3.05) is 26.7 Å². The molecule has 1 aliphatic rings. The highest BCUT2D eigenvalue weighted by atomic mass is 32.1. The van der Waals surface area contributed by atoms with Gasteiger partial charge in [0, 0.05) is 39.4 Å². The zero-order chi connectivity index (χ0) is 47.4. The van der Waals surface area contributed by atoms with E-state index in [4.69, 9.17) is 4.74 Å². The first-order chi connectivity index (χ1) is 31.6. The number of allylic oxidation sites excluding steroid dienone is 1. The van der Waals surface area contributed by atoms with Gasteiger partial charge in [0.1, 0.15) is 30.2 Å². The molecule has 4 N–H and O–H groups in total. The fourth-order valence-electron chi connectivity index (χ4n) is 8.22. The number of aliphatic hydroxyl groups is 1. The first-order valence-corrected chi connectivity index (χ1v) is 23.6. The number of phenolic OH excluding ortho intramolecular Hbond substituents is 1. The highest BCUT2D eigenvalue weighted by Gasteiger charge is 2.44. The van der Waals surface area contributed by atoms with E-state index < -0.39 is 29.5 Å². The Morgan fingerprint density at radius 1 is 0.894 bits per heavy atom. The molecular weight excluding hydrogens is 851 g/mol. The van der Waals surface area contributed by atoms with Crippen LogP contribution in [0.4, 0.5) is 0 Å². The highest BCUT2D eigenvalue weighted by Crippen LogP contribution is 2.36. The van der Waals surface area contributed by atoms with Crippen molar-refractivity contribution in [1.29, 1.82) is 0 Å². The van der Waals surface area contributed by atoms with Gasteiger partial charge < -0.3 is 35.4 Å². The summed E-state index contributed by atoms with van der Waals surface area (Å²) in [4.78, 5) is 62.2. The molecule has 0 spiro atoms. The molecule has 3 atom stereocenters. The van der Waals surface area contributed by atoms with E-state index >= 15 is 0 Å². The maximum absolute atomic E-state index is 14.0. The van der Waals surface area contributed by atoms with Crippen molar-refractivity contribution < 1.29 is 34.1 Å². The third-order valence-electron chi connectivity index (χ3n) is 12.0. The van der Waals surface area contributed by atoms with Crippen molar-refractivity contribution in [2.24, 2.45) is 5.41 Å². The summed E-state index contributed by atoms with van der Waals surface area (Å²) in [5, 5.41) is 26.4. The number of likely N-dealkylation sites (tertiary alicyclic amines) is 1. The molecule has 348 valence electrons. The molecule has 5 aromatic rings. The maximum atomic E-state index is 14.0. The molecule has 12 nitrogen and oxygen atoms in total. The van der Waals surface area contributed by atoms with Gasteiger partial charge in [-0.1, -0.05) is 107 Å². The van der Waals surface area contributed by atoms with Crippen LogP contribution in [0, 0.1) is 12.3 Å². The van der Waals surface area contributed by atoms with Gasteiger partial charge in [-0.15, -0.1) is 11.3 Å². The minimum absolute atomic E-state index is 0.00919. The standard InChI is InChI=1S/C53H63N5O7S/c1-7-44(37-13-9-8-10-14-37)48(38-21-25-41(59)26-22-38)39-23-27-43(28-24-39)65-30-29-57(6)47(62)16-12-11-15-46(61)56-50(53(3,4)5)52(64)58-33-42(60)31-45(58)51(63)54-32-36-17-19-40(20-18-36)49-35(2)55-34-66-49/h8-10,13-14,17-28,34,42,45,50,59-60H,7,11-12,15-16,29-33H2,1-6H3,(H,54,63)(H,56,61)/t42-,45+,50-/m1/s1. The van der Waals surface area contributed by atoms with Crippen molar-refractivity contribution in [3.8, 4) is 21.9 Å². The molecule has 4 amide bonds. The van der Waals surface area contributed by atoms with E-state index in [9.17, 15) is 29.4 Å². The minimum Gasteiger partial charge on any atom is -0.508 e. The van der Waals surface area contributed by atoms with Gasteiger partial charge in [-0.3, -0.25) is 19.2 Å². The van der Waals surface area contributed by atoms with Crippen molar-refractivity contribution in [1.82, 2.24) is 25.4 Å². The number of phenols is 1. The van der Waals surface area contributed by atoms with Gasteiger partial charge >= 0.3 is 0 Å². The number of benzene rings is 4. The van der Waals surface area contributed by atoms with E-state index in [1.165, 1.54) is 10.5 Å². The molecule has 66 heavy (non-hydrogen) atoms. The second-order valence-corrected chi connectivity index (χ2v) is 18.8. The van der Waals surface area contributed by atoms with Gasteiger partial charge in [-0.2, -0.15) is 0 Å². The monoisotopic (exact) mass is 913 g/mol. The number of carbonyl (C=O) groups excluding carboxylic acids is 4. The Morgan fingerprint density at radius 3 is 2.17 bits per heavy atom. The van der Waals surface area contributed by atoms with Gasteiger partial charge in [-0.25, -0.2) is 4.98 Å². The Balaban J connectivity index is 0.945. The van der Waals surface area contributed by atoms with Gasteiger partial charge in [0.25, 0.3) is 0 Å². The van der Waals surface area contributed by atoms with Crippen LogP contribution in [0.25, 0.3) is 21.6 Å². The number of aromatic nitrogens is 1. The van der Waals surface area contributed by atoms with Crippen LogP contribution in [0.3, 0.4) is 0 Å². The number of ether oxygens (including phenoxy) is 1. The molecule has 0 bridgehead atoms. The summed E-state index contributed by atoms with van der Waals surface area (Å²) in [5.41, 5.74) is 9.46. The molecule has 6 rings (SSSR count). The molecule has 2 heterocycles. The van der Waals surface area contributed by atoms with E-state index in [1.807, 2.05) is 112 Å². The quantitative estimate of drug-likeness (QED) is 0.0475. The molecule has 0 unspecified atom stereocenters. The molecule has 4 aromatic carbocycles. The number of aryl methyl sites for hydroxylation is 1. The third kappa shape index (κ3) is 12.9. The number of amides is 4. The van der Waals surface area contributed by atoms with E-state index in [0.29, 0.717) is 31.7 Å². The van der Waals surface area contributed by atoms with Crippen LogP contribution in [0.2, 0.25) is 0 Å². The number of rotatable bonds is 19. The van der Waals surface area contributed by atoms with Crippen LogP contribution in [-0.2, 0) is 25.7 Å². The number of thiazole rings is 1. The van der Waals surface area contributed by atoms with Crippen molar-refractivity contribution in [3.63, 3.8) is 0 Å². The normalized spacial score (nSPS) is 15.7. The first kappa shape index (κ1) is 49.1. The second kappa shape index (κ2) is 22.7. The van der Waals surface area contributed by atoms with E-state index in [-0.39, 0.29) is 55.8 Å². The number of nitrogens with zero attached hydrogens (tertiary/aromatic N) is 3. The lowest BCUT2D eigenvalue weighted by Crippen LogP contribution is -2.57. The molecule has 1 aliphatic heterocycles. The third-order valence-corrected chi connectivity index (χ3v) is 12.9. The summed E-state index contributed by atoms with van der Waals surface area (Å²) in [6.07, 6.45) is 1.36. The van der Waals surface area contributed by atoms with Crippen LogP contribution in [0.1, 0.15) is 94.2 Å². The average Bonchev–Trinajstić information content (AvgIpc) is 3.93. The summed E-state index contributed by atoms with van der Waals surface area (Å²) in [5.74, 6) is -0.277. The summed E-state index contributed by atoms with van der Waals surface area (Å²) in [6.45, 7) is 10.6. The van der Waals surface area contributed by atoms with Crippen LogP contribution < -0.4 is 15.4 Å². The number of β-amino-alcohol motifs (C(OH)–C–C–N with tert-alkyl or cyclic N) is 1. The molecule has 1 fully saturated rings. The van der Waals surface area contributed by atoms with Crippen molar-refractivity contribution in [3.05, 3.63) is 137 Å². The first-order valence-electron chi connectivity index (χ1n) is 22.7. The largest absolute Gasteiger partial charge is 0.508 e. The Hall–Kier alpha value is -6.31. The van der Waals surface area contributed by atoms with E-state index in [1.54, 1.807) is 35.4 Å². The lowest BCUT2D eigenvalue weighted by molar-refractivity contribution is -0.144. The molecule has 0 saturated carbocycles. The molecule has 13 heteroatoms. The highest BCUT2D eigenvalue weighted by molar-refractivity contribution is 7.13. The summed E-state index contributed by atoms with van der Waals surface area (Å²) >= 11 is 1.57. The predicted molar refractivity (Wildman–Crippen MR) is 260 cm³/mol. The molecule has 1 saturated heterocycles. The number of aromatic hydroxyl groups is 1. The van der Waals surface area contributed by atoms with Crippen LogP contribution in [-0.4, -0.2) is 93.6 Å². The summed E-state index contributed by atoms with van der Waals surface area (Å²) in [6, 6.07) is 31.5. The average molecular weight is 914 g/mol. The Labute approximate surface area is 392 Å². The fraction of sp³-hybridized carbons (Fsp3) is 0.377. The van der Waals surface area contributed by atoms with Gasteiger partial charge in [0.2, 0.25) is 23.6 Å². The lowest BCUT2D eigenvalue weighted by Gasteiger charge is -2.35. The maximum Gasteiger partial charge on any atom is 0.246 e. The fourth-order valence-corrected chi connectivity index (χ4v) is 9.03. The Bertz CT molecular complexity index is 2440. The molecule has 1 aromatic heterocycles. The molecule has 0 radical (unpaired) electrons. The predicted octanol–water partition coefficient (Wildman–Crippen LogP) is 8.40. The molecule has 0 aliphatic carbocycles. The topological polar surface area (TPSA) is 161 Å². The number of likely N-dealkylation sites (N-methyl/N-ethyl adjacent to an activating group) is 1. The summed E-state index contributed by atoms with van der Waals surface area (Å²) in [7, 11) is 1.73. The van der Waals surface area contributed by atoms with Gasteiger partial charge in [0.15, 0.2) is 0 Å². The lowest BCUT2D eigenvalue weighted by atomic mass is 9.85. The number of aliphatic hydroxyl groups excluding tert-OH is 1. The van der Waals surface area contributed by atoms with E-state index in [2.05, 4.69) is 34.7 Å². The van der Waals surface area contributed by atoms with Gasteiger partial charge in [0.05, 0.1) is 28.7 Å². The number of hydrogen-bond acceptors (Lipinski definition) is 9. The van der Waals surface area contributed by atoms with Crippen LogP contribution >= 0.6 is 11.3 Å². The smallest absolute Gasteiger partial charge is 0.246 e. The van der Waals surface area contributed by atoms with Gasteiger partial charge in [-0.05, 0) is 94.8 Å². The van der Waals surface area contributed by atoms with Crippen LogP contribution in [0.15, 0.2) is 109 Å². The Morgan fingerprint density at radius 2 is 1.55 bits per heavy atom. The number of unbranched alkanes of at least 4 members (excludes halogenated alkanes) is 1.